The maximum Gasteiger partial charge on any atom is 0.320 e. The van der Waals surface area contributed by atoms with Crippen molar-refractivity contribution in [3.8, 4) is 0 Å². The lowest BCUT2D eigenvalue weighted by molar-refractivity contribution is -0.127. The van der Waals surface area contributed by atoms with E-state index in [1.807, 2.05) is 9.80 Å². The lowest BCUT2D eigenvalue weighted by atomic mass is 9.90. The van der Waals surface area contributed by atoms with Crippen molar-refractivity contribution in [1.82, 2.24) is 15.1 Å². The summed E-state index contributed by atoms with van der Waals surface area (Å²) in [7, 11) is 0. The summed E-state index contributed by atoms with van der Waals surface area (Å²) >= 11 is 0. The van der Waals surface area contributed by atoms with Gasteiger partial charge in [0.05, 0.1) is 13.2 Å². The summed E-state index contributed by atoms with van der Waals surface area (Å²) in [6.45, 7) is 9.40. The number of carbonyl (C=O) groups is 3. The number of ether oxygens (including phenoxy) is 1. The van der Waals surface area contributed by atoms with Crippen molar-refractivity contribution in [2.75, 3.05) is 32.8 Å². The van der Waals surface area contributed by atoms with Gasteiger partial charge in [-0.25, -0.2) is 9.79 Å². The molecule has 3 unspecified atom stereocenters. The Labute approximate surface area is 223 Å². The number of urea groups is 1. The normalized spacial score (nSPS) is 25.8. The van der Waals surface area contributed by atoms with Gasteiger partial charge in [0.15, 0.2) is 0 Å². The average Bonchev–Trinajstić information content (AvgIpc) is 3.12. The molecule has 4 amide bonds. The van der Waals surface area contributed by atoms with Gasteiger partial charge in [-0.3, -0.25) is 9.59 Å². The van der Waals surface area contributed by atoms with Gasteiger partial charge in [-0.15, -0.1) is 0 Å². The Morgan fingerprint density at radius 2 is 1.86 bits per heavy atom. The Bertz CT molecular complexity index is 806. The number of rotatable bonds is 9. The van der Waals surface area contributed by atoms with Gasteiger partial charge in [-0.1, -0.05) is 32.9 Å². The zero-order chi connectivity index (χ0) is 26.6. The summed E-state index contributed by atoms with van der Waals surface area (Å²) in [5, 5.41) is 2.97. The highest BCUT2D eigenvalue weighted by Gasteiger charge is 2.31. The van der Waals surface area contributed by atoms with Crippen LogP contribution in [0.1, 0.15) is 85.0 Å². The van der Waals surface area contributed by atoms with E-state index in [0.29, 0.717) is 51.6 Å². The van der Waals surface area contributed by atoms with Crippen LogP contribution in [0.4, 0.5) is 4.79 Å². The fourth-order valence-electron chi connectivity index (χ4n) is 5.64. The maximum absolute atomic E-state index is 13.2. The standard InChI is InChI=1S/C29H48N4O4/c1-4-25-12-10-24(14-15-33(25)29(36)32-16-18-37-19-17-32)21-30-28(35)26(20-22(2)3)31-27(34)13-11-23-8-6-5-7-9-23/h5-6,21-26H,4,7-20H2,1-3H3,(H,31,34)/t23?,24?,25?,26-/m0/s1. The van der Waals surface area contributed by atoms with Gasteiger partial charge in [0.1, 0.15) is 6.04 Å². The first-order chi connectivity index (χ1) is 17.9. The first-order valence-corrected chi connectivity index (χ1v) is 14.5. The number of aliphatic imine (C=N–C) groups is 1. The smallest absolute Gasteiger partial charge is 0.320 e. The zero-order valence-electron chi connectivity index (χ0n) is 23.2. The number of hydrogen-bond donors (Lipinski definition) is 1. The third kappa shape index (κ3) is 9.55. The molecular formula is C29H48N4O4. The van der Waals surface area contributed by atoms with Gasteiger partial charge in [0.25, 0.3) is 5.91 Å². The van der Waals surface area contributed by atoms with Crippen LogP contribution in [0, 0.1) is 17.8 Å². The minimum atomic E-state index is -0.580. The molecule has 2 saturated heterocycles. The Morgan fingerprint density at radius 3 is 2.54 bits per heavy atom. The zero-order valence-corrected chi connectivity index (χ0v) is 23.2. The molecule has 0 bridgehead atoms. The molecule has 1 N–H and O–H groups in total. The molecule has 3 aliphatic rings. The fraction of sp³-hybridized carbons (Fsp3) is 0.793. The van der Waals surface area contributed by atoms with Crippen LogP contribution in [0.5, 0.6) is 0 Å². The van der Waals surface area contributed by atoms with Crippen molar-refractivity contribution in [3.05, 3.63) is 12.2 Å². The van der Waals surface area contributed by atoms with Crippen LogP contribution < -0.4 is 5.32 Å². The summed E-state index contributed by atoms with van der Waals surface area (Å²) in [4.78, 5) is 47.1. The molecule has 0 aromatic rings. The summed E-state index contributed by atoms with van der Waals surface area (Å²) < 4.78 is 5.40. The second kappa shape index (κ2) is 15.3. The van der Waals surface area contributed by atoms with E-state index in [1.165, 1.54) is 0 Å². The van der Waals surface area contributed by atoms with Gasteiger partial charge in [-0.05, 0) is 75.5 Å². The first-order valence-electron chi connectivity index (χ1n) is 14.5. The molecule has 37 heavy (non-hydrogen) atoms. The highest BCUT2D eigenvalue weighted by molar-refractivity contribution is 5.92. The van der Waals surface area contributed by atoms with Crippen LogP contribution in [-0.2, 0) is 14.3 Å². The fourth-order valence-corrected chi connectivity index (χ4v) is 5.64. The highest BCUT2D eigenvalue weighted by Crippen LogP contribution is 2.25. The summed E-state index contributed by atoms with van der Waals surface area (Å²) in [5.74, 6) is 0.664. The highest BCUT2D eigenvalue weighted by atomic mass is 16.5. The molecular weight excluding hydrogens is 468 g/mol. The molecule has 3 rings (SSSR count). The van der Waals surface area contributed by atoms with Crippen molar-refractivity contribution >= 4 is 24.1 Å². The van der Waals surface area contributed by atoms with Crippen LogP contribution in [0.2, 0.25) is 0 Å². The minimum absolute atomic E-state index is 0.0544. The number of hydrogen-bond acceptors (Lipinski definition) is 4. The van der Waals surface area contributed by atoms with Crippen LogP contribution in [-0.4, -0.2) is 78.8 Å². The number of likely N-dealkylation sites (tertiary alicyclic amines) is 1. The van der Waals surface area contributed by atoms with Crippen LogP contribution >= 0.6 is 0 Å². The van der Waals surface area contributed by atoms with Gasteiger partial charge in [-0.2, -0.15) is 0 Å². The molecule has 1 aliphatic carbocycles. The van der Waals surface area contributed by atoms with Crippen molar-refractivity contribution in [3.63, 3.8) is 0 Å². The van der Waals surface area contributed by atoms with E-state index in [0.717, 1.165) is 51.4 Å². The van der Waals surface area contributed by atoms with E-state index < -0.39 is 6.04 Å². The second-order valence-corrected chi connectivity index (χ2v) is 11.3. The molecule has 0 aromatic carbocycles. The summed E-state index contributed by atoms with van der Waals surface area (Å²) in [6, 6.07) is -0.270. The SMILES string of the molecule is CCC1CCC(C=NC(=O)[C@H](CC(C)C)NC(=O)CCC2CC=CCC2)CCN1C(=O)N1CCOCC1. The largest absolute Gasteiger partial charge is 0.378 e. The van der Waals surface area contributed by atoms with Gasteiger partial charge < -0.3 is 19.9 Å². The Balaban J connectivity index is 1.53. The van der Waals surface area contributed by atoms with E-state index in [9.17, 15) is 14.4 Å². The van der Waals surface area contributed by atoms with Crippen molar-refractivity contribution in [2.45, 2.75) is 97.1 Å². The Kier molecular flexibility index (Phi) is 12.1. The topological polar surface area (TPSA) is 91.3 Å². The molecule has 2 heterocycles. The molecule has 0 aromatic heterocycles. The Hall–Kier alpha value is -2.22. The van der Waals surface area contributed by atoms with Gasteiger partial charge >= 0.3 is 6.03 Å². The molecule has 4 atom stereocenters. The van der Waals surface area contributed by atoms with Crippen molar-refractivity contribution < 1.29 is 19.1 Å². The van der Waals surface area contributed by atoms with E-state index in [-0.39, 0.29) is 35.7 Å². The number of allylic oxidation sites excluding steroid dienone is 2. The molecule has 0 radical (unpaired) electrons. The number of nitrogens with zero attached hydrogens (tertiary/aromatic N) is 3. The van der Waals surface area contributed by atoms with E-state index in [4.69, 9.17) is 4.74 Å². The van der Waals surface area contributed by atoms with Crippen molar-refractivity contribution in [1.29, 1.82) is 0 Å². The minimum Gasteiger partial charge on any atom is -0.378 e. The van der Waals surface area contributed by atoms with Gasteiger partial charge in [0.2, 0.25) is 5.91 Å². The summed E-state index contributed by atoms with van der Waals surface area (Å²) in [6.07, 6.45) is 14.9. The molecule has 208 valence electrons. The third-order valence-corrected chi connectivity index (χ3v) is 7.96. The number of morpholine rings is 1. The molecule has 8 heteroatoms. The predicted molar refractivity (Wildman–Crippen MR) is 147 cm³/mol. The average molecular weight is 517 g/mol. The quantitative estimate of drug-likeness (QED) is 0.359. The second-order valence-electron chi connectivity index (χ2n) is 11.3. The lowest BCUT2D eigenvalue weighted by Gasteiger charge is -2.36. The van der Waals surface area contributed by atoms with E-state index >= 15 is 0 Å². The molecule has 2 aliphatic heterocycles. The van der Waals surface area contributed by atoms with E-state index in [1.54, 1.807) is 6.21 Å². The van der Waals surface area contributed by atoms with Gasteiger partial charge in [0, 0.05) is 38.3 Å². The van der Waals surface area contributed by atoms with Crippen LogP contribution in [0.15, 0.2) is 17.1 Å². The Morgan fingerprint density at radius 1 is 1.08 bits per heavy atom. The van der Waals surface area contributed by atoms with Crippen LogP contribution in [0.25, 0.3) is 0 Å². The van der Waals surface area contributed by atoms with Crippen molar-refractivity contribution in [2.24, 2.45) is 22.7 Å². The molecule has 2 fully saturated rings. The maximum atomic E-state index is 13.2. The number of nitrogens with one attached hydrogen (secondary N) is 1. The lowest BCUT2D eigenvalue weighted by Crippen LogP contribution is -2.51. The van der Waals surface area contributed by atoms with Crippen LogP contribution in [0.3, 0.4) is 0 Å². The predicted octanol–water partition coefficient (Wildman–Crippen LogP) is 4.58. The summed E-state index contributed by atoms with van der Waals surface area (Å²) in [5.41, 5.74) is 0. The number of carbonyl (C=O) groups excluding carboxylic acids is 3. The monoisotopic (exact) mass is 516 g/mol. The third-order valence-electron chi connectivity index (χ3n) is 7.96. The first kappa shape index (κ1) is 29.3. The molecule has 8 nitrogen and oxygen atoms in total. The van der Waals surface area contributed by atoms with E-state index in [2.05, 4.69) is 43.2 Å². The molecule has 0 saturated carbocycles. The number of amides is 4. The molecule has 0 spiro atoms.